The Morgan fingerprint density at radius 2 is 2.11 bits per heavy atom. The number of carbonyl (C=O) groups is 1. The summed E-state index contributed by atoms with van der Waals surface area (Å²) in [5, 5.41) is 2.92. The summed E-state index contributed by atoms with van der Waals surface area (Å²) in [6, 6.07) is 5.74. The summed E-state index contributed by atoms with van der Waals surface area (Å²) in [4.78, 5) is 11.7. The number of rotatable bonds is 6. The summed E-state index contributed by atoms with van der Waals surface area (Å²) in [7, 11) is -0.865. The quantitative estimate of drug-likeness (QED) is 0.861. The Balaban J connectivity index is 2.77. The summed E-state index contributed by atoms with van der Waals surface area (Å²) < 4.78 is 11.3. The van der Waals surface area contributed by atoms with E-state index in [2.05, 4.69) is 12.2 Å². The lowest BCUT2D eigenvalue weighted by Gasteiger charge is -2.11. The highest BCUT2D eigenvalue weighted by Crippen LogP contribution is 2.20. The first-order valence-electron chi connectivity index (χ1n) is 6.23. The van der Waals surface area contributed by atoms with Crippen LogP contribution < -0.4 is 5.32 Å². The van der Waals surface area contributed by atoms with Gasteiger partial charge in [-0.25, -0.2) is 0 Å². The van der Waals surface area contributed by atoms with Crippen LogP contribution >= 0.6 is 0 Å². The van der Waals surface area contributed by atoms with Crippen LogP contribution in [0.15, 0.2) is 18.2 Å². The van der Waals surface area contributed by atoms with Crippen molar-refractivity contribution in [1.29, 1.82) is 0 Å². The fourth-order valence-corrected chi connectivity index (χ4v) is 2.49. The number of amides is 1. The van der Waals surface area contributed by atoms with E-state index in [1.54, 1.807) is 6.26 Å². The molecule has 0 fully saturated rings. The second-order valence-corrected chi connectivity index (χ2v) is 5.89. The van der Waals surface area contributed by atoms with Gasteiger partial charge in [0.15, 0.2) is 0 Å². The first-order chi connectivity index (χ1) is 8.54. The van der Waals surface area contributed by atoms with Gasteiger partial charge < -0.3 is 5.32 Å². The zero-order valence-electron chi connectivity index (χ0n) is 11.3. The molecule has 0 spiro atoms. The highest BCUT2D eigenvalue weighted by molar-refractivity contribution is 7.83. The number of nitrogens with one attached hydrogen (secondary N) is 1. The highest BCUT2D eigenvalue weighted by atomic mass is 32.2. The summed E-state index contributed by atoms with van der Waals surface area (Å²) in [6.07, 6.45) is 4.16. The molecule has 0 aromatic heterocycles. The zero-order chi connectivity index (χ0) is 13.5. The van der Waals surface area contributed by atoms with Crippen LogP contribution in [0.5, 0.6) is 0 Å². The van der Waals surface area contributed by atoms with E-state index >= 15 is 0 Å². The molecular weight excluding hydrogens is 246 g/mol. The van der Waals surface area contributed by atoms with Gasteiger partial charge >= 0.3 is 0 Å². The number of unbranched alkanes of at least 4 members (excludes halogenated alkanes) is 1. The van der Waals surface area contributed by atoms with Crippen molar-refractivity contribution in [3.05, 3.63) is 29.3 Å². The highest BCUT2D eigenvalue weighted by Gasteiger charge is 2.08. The lowest BCUT2D eigenvalue weighted by molar-refractivity contribution is -0.116. The molecule has 0 aliphatic carbocycles. The molecule has 1 rings (SSSR count). The minimum Gasteiger partial charge on any atom is -0.326 e. The Morgan fingerprint density at radius 1 is 1.39 bits per heavy atom. The topological polar surface area (TPSA) is 46.2 Å². The van der Waals surface area contributed by atoms with E-state index in [-0.39, 0.29) is 5.91 Å². The zero-order valence-corrected chi connectivity index (χ0v) is 12.1. The van der Waals surface area contributed by atoms with Gasteiger partial charge in [-0.2, -0.15) is 0 Å². The first kappa shape index (κ1) is 14.9. The average molecular weight is 267 g/mol. The van der Waals surface area contributed by atoms with E-state index in [4.69, 9.17) is 0 Å². The van der Waals surface area contributed by atoms with Crippen molar-refractivity contribution in [1.82, 2.24) is 0 Å². The maximum Gasteiger partial charge on any atom is 0.224 e. The SMILES string of the molecule is CCCCC(=O)Nc1cccc(C[S@](C)=O)c1C. The van der Waals surface area contributed by atoms with Crippen molar-refractivity contribution >= 4 is 22.4 Å². The number of carbonyl (C=O) groups excluding carboxylic acids is 1. The minimum absolute atomic E-state index is 0.0507. The second-order valence-electron chi connectivity index (χ2n) is 4.46. The minimum atomic E-state index is -0.865. The molecule has 0 aliphatic rings. The molecule has 4 heteroatoms. The molecule has 1 atom stereocenters. The molecule has 3 nitrogen and oxygen atoms in total. The van der Waals surface area contributed by atoms with Gasteiger partial charge in [-0.15, -0.1) is 0 Å². The van der Waals surface area contributed by atoms with Gasteiger partial charge in [0, 0.05) is 34.9 Å². The third-order valence-electron chi connectivity index (χ3n) is 2.84. The molecule has 0 aliphatic heterocycles. The molecular formula is C14H21NO2S. The second kappa shape index (κ2) is 7.31. The van der Waals surface area contributed by atoms with Crippen LogP contribution in [0.1, 0.15) is 37.3 Å². The van der Waals surface area contributed by atoms with Crippen LogP contribution in [-0.2, 0) is 21.3 Å². The third kappa shape index (κ3) is 4.61. The summed E-state index contributed by atoms with van der Waals surface area (Å²) >= 11 is 0. The molecule has 18 heavy (non-hydrogen) atoms. The van der Waals surface area contributed by atoms with Crippen molar-refractivity contribution in [3.8, 4) is 0 Å². The molecule has 1 N–H and O–H groups in total. The van der Waals surface area contributed by atoms with Gasteiger partial charge in [0.25, 0.3) is 0 Å². The molecule has 0 saturated carbocycles. The maximum atomic E-state index is 11.7. The molecule has 1 amide bonds. The molecule has 0 bridgehead atoms. The van der Waals surface area contributed by atoms with Gasteiger partial charge in [0.1, 0.15) is 0 Å². The predicted octanol–water partition coefficient (Wildman–Crippen LogP) is 3.00. The van der Waals surface area contributed by atoms with E-state index in [1.165, 1.54) is 0 Å². The summed E-state index contributed by atoms with van der Waals surface area (Å²) in [5.41, 5.74) is 2.88. The van der Waals surface area contributed by atoms with E-state index in [0.29, 0.717) is 12.2 Å². The molecule has 0 unspecified atom stereocenters. The number of anilines is 1. The van der Waals surface area contributed by atoms with Crippen LogP contribution in [0.3, 0.4) is 0 Å². The van der Waals surface area contributed by atoms with Crippen LogP contribution in [0.25, 0.3) is 0 Å². The summed E-state index contributed by atoms with van der Waals surface area (Å²) in [5.74, 6) is 0.583. The largest absolute Gasteiger partial charge is 0.326 e. The Morgan fingerprint density at radius 3 is 2.72 bits per heavy atom. The Labute approximate surface area is 111 Å². The predicted molar refractivity (Wildman–Crippen MR) is 77.1 cm³/mol. The average Bonchev–Trinajstić information content (AvgIpc) is 2.31. The van der Waals surface area contributed by atoms with Crippen LogP contribution in [0.4, 0.5) is 5.69 Å². The van der Waals surface area contributed by atoms with Crippen molar-refractivity contribution in [2.45, 2.75) is 38.9 Å². The van der Waals surface area contributed by atoms with Crippen molar-refractivity contribution in [2.24, 2.45) is 0 Å². The fraction of sp³-hybridized carbons (Fsp3) is 0.500. The molecule has 0 radical (unpaired) electrons. The Hall–Kier alpha value is -1.16. The van der Waals surface area contributed by atoms with Crippen LogP contribution in [-0.4, -0.2) is 16.4 Å². The van der Waals surface area contributed by atoms with Crippen molar-refractivity contribution < 1.29 is 9.00 Å². The van der Waals surface area contributed by atoms with Gasteiger partial charge in [-0.3, -0.25) is 9.00 Å². The van der Waals surface area contributed by atoms with Gasteiger partial charge in [-0.05, 0) is 30.5 Å². The monoisotopic (exact) mass is 267 g/mol. The number of hydrogen-bond donors (Lipinski definition) is 1. The van der Waals surface area contributed by atoms with Crippen LogP contribution in [0.2, 0.25) is 0 Å². The number of hydrogen-bond acceptors (Lipinski definition) is 2. The molecule has 0 heterocycles. The first-order valence-corrected chi connectivity index (χ1v) is 7.95. The normalized spacial score (nSPS) is 12.2. The lowest BCUT2D eigenvalue weighted by atomic mass is 10.1. The van der Waals surface area contributed by atoms with Crippen LogP contribution in [0, 0.1) is 6.92 Å². The van der Waals surface area contributed by atoms with E-state index in [1.807, 2.05) is 25.1 Å². The smallest absolute Gasteiger partial charge is 0.224 e. The van der Waals surface area contributed by atoms with Gasteiger partial charge in [-0.1, -0.05) is 25.5 Å². The molecule has 1 aromatic carbocycles. The van der Waals surface area contributed by atoms with Crippen molar-refractivity contribution in [2.75, 3.05) is 11.6 Å². The molecule has 0 saturated heterocycles. The molecule has 100 valence electrons. The van der Waals surface area contributed by atoms with Crippen molar-refractivity contribution in [3.63, 3.8) is 0 Å². The lowest BCUT2D eigenvalue weighted by Crippen LogP contribution is -2.12. The van der Waals surface area contributed by atoms with E-state index in [9.17, 15) is 9.00 Å². The third-order valence-corrected chi connectivity index (χ3v) is 3.55. The molecule has 1 aromatic rings. The van der Waals surface area contributed by atoms with E-state index in [0.717, 1.165) is 29.7 Å². The fourth-order valence-electron chi connectivity index (χ4n) is 1.74. The Kier molecular flexibility index (Phi) is 6.05. The maximum absolute atomic E-state index is 11.7. The Bertz CT molecular complexity index is 443. The van der Waals surface area contributed by atoms with E-state index < -0.39 is 10.8 Å². The number of benzene rings is 1. The van der Waals surface area contributed by atoms with Gasteiger partial charge in [0.05, 0.1) is 0 Å². The van der Waals surface area contributed by atoms with Gasteiger partial charge in [0.2, 0.25) is 5.91 Å². The standard InChI is InChI=1S/C14H21NO2S/c1-4-5-9-14(16)15-13-8-6-7-12(11(13)2)10-18(3)17/h6-8H,4-5,9-10H2,1-3H3,(H,15,16)/t18-/m0/s1. The summed E-state index contributed by atoms with van der Waals surface area (Å²) in [6.45, 7) is 4.02.